The van der Waals surface area contributed by atoms with Gasteiger partial charge in [-0.2, -0.15) is 0 Å². The average molecular weight is 386 g/mol. The summed E-state index contributed by atoms with van der Waals surface area (Å²) >= 11 is 6.87. The number of pyridine rings is 1. The Bertz CT molecular complexity index is 558. The molecule has 2 N–H and O–H groups in total. The van der Waals surface area contributed by atoms with Crippen molar-refractivity contribution in [3.63, 3.8) is 0 Å². The summed E-state index contributed by atoms with van der Waals surface area (Å²) in [5, 5.41) is 0. The Kier molecular flexibility index (Phi) is 4.96. The highest BCUT2D eigenvalue weighted by atomic mass is 79.9. The second-order valence-electron chi connectivity index (χ2n) is 4.00. The first-order valence-corrected chi connectivity index (χ1v) is 7.49. The Morgan fingerprint density at radius 1 is 1.26 bits per heavy atom. The average Bonchev–Trinajstić information content (AvgIpc) is 2.39. The SMILES string of the molecule is CCOc1ccc(C(N)c2ncc(Br)cc2Br)cc1. The highest BCUT2D eigenvalue weighted by Gasteiger charge is 2.14. The third-order valence-corrected chi connectivity index (χ3v) is 3.75. The zero-order valence-corrected chi connectivity index (χ0v) is 13.6. The molecule has 19 heavy (non-hydrogen) atoms. The number of aromatic nitrogens is 1. The van der Waals surface area contributed by atoms with Gasteiger partial charge < -0.3 is 10.5 Å². The van der Waals surface area contributed by atoms with Crippen molar-refractivity contribution in [2.24, 2.45) is 5.73 Å². The molecule has 0 saturated carbocycles. The maximum atomic E-state index is 6.24. The highest BCUT2D eigenvalue weighted by Crippen LogP contribution is 2.28. The fraction of sp³-hybridized carbons (Fsp3) is 0.214. The summed E-state index contributed by atoms with van der Waals surface area (Å²) in [6, 6.07) is 9.45. The Hall–Kier alpha value is -0.910. The summed E-state index contributed by atoms with van der Waals surface area (Å²) in [6.45, 7) is 2.62. The van der Waals surface area contributed by atoms with Crippen LogP contribution in [0.1, 0.15) is 24.2 Å². The zero-order chi connectivity index (χ0) is 13.8. The van der Waals surface area contributed by atoms with Gasteiger partial charge in [-0.15, -0.1) is 0 Å². The lowest BCUT2D eigenvalue weighted by Crippen LogP contribution is -2.14. The van der Waals surface area contributed by atoms with Crippen molar-refractivity contribution in [1.29, 1.82) is 0 Å². The van der Waals surface area contributed by atoms with Crippen LogP contribution in [0.3, 0.4) is 0 Å². The molecule has 2 aromatic rings. The summed E-state index contributed by atoms with van der Waals surface area (Å²) in [7, 11) is 0. The smallest absolute Gasteiger partial charge is 0.119 e. The topological polar surface area (TPSA) is 48.1 Å². The van der Waals surface area contributed by atoms with Crippen molar-refractivity contribution in [2.75, 3.05) is 6.61 Å². The fourth-order valence-electron chi connectivity index (χ4n) is 1.75. The van der Waals surface area contributed by atoms with Crippen LogP contribution in [-0.4, -0.2) is 11.6 Å². The lowest BCUT2D eigenvalue weighted by Gasteiger charge is -2.14. The number of hydrogen-bond acceptors (Lipinski definition) is 3. The first-order chi connectivity index (χ1) is 9.11. The maximum Gasteiger partial charge on any atom is 0.119 e. The molecule has 1 aromatic heterocycles. The van der Waals surface area contributed by atoms with E-state index >= 15 is 0 Å². The molecule has 0 aliphatic carbocycles. The molecule has 3 nitrogen and oxygen atoms in total. The third-order valence-electron chi connectivity index (χ3n) is 2.68. The maximum absolute atomic E-state index is 6.24. The molecular weight excluding hydrogens is 372 g/mol. The fourth-order valence-corrected chi connectivity index (χ4v) is 2.98. The largest absolute Gasteiger partial charge is 0.494 e. The van der Waals surface area contributed by atoms with E-state index < -0.39 is 0 Å². The monoisotopic (exact) mass is 384 g/mol. The van der Waals surface area contributed by atoms with E-state index in [0.29, 0.717) is 6.61 Å². The number of nitrogens with two attached hydrogens (primary N) is 1. The van der Waals surface area contributed by atoms with Crippen molar-refractivity contribution >= 4 is 31.9 Å². The highest BCUT2D eigenvalue weighted by molar-refractivity contribution is 9.11. The van der Waals surface area contributed by atoms with Gasteiger partial charge in [-0.25, -0.2) is 0 Å². The summed E-state index contributed by atoms with van der Waals surface area (Å²) < 4.78 is 7.22. The van der Waals surface area contributed by atoms with Gasteiger partial charge in [-0.3, -0.25) is 4.98 Å². The van der Waals surface area contributed by atoms with Gasteiger partial charge in [0.05, 0.1) is 18.3 Å². The number of rotatable bonds is 4. The van der Waals surface area contributed by atoms with Gasteiger partial charge in [0.15, 0.2) is 0 Å². The van der Waals surface area contributed by atoms with E-state index in [1.807, 2.05) is 37.3 Å². The van der Waals surface area contributed by atoms with Crippen LogP contribution >= 0.6 is 31.9 Å². The molecular formula is C14H14Br2N2O. The van der Waals surface area contributed by atoms with Gasteiger partial charge >= 0.3 is 0 Å². The van der Waals surface area contributed by atoms with Gasteiger partial charge in [0.1, 0.15) is 5.75 Å². The van der Waals surface area contributed by atoms with Crippen molar-refractivity contribution in [3.8, 4) is 5.75 Å². The molecule has 1 unspecified atom stereocenters. The van der Waals surface area contributed by atoms with E-state index in [1.165, 1.54) is 0 Å². The second-order valence-corrected chi connectivity index (χ2v) is 5.77. The van der Waals surface area contributed by atoms with E-state index in [0.717, 1.165) is 26.0 Å². The molecule has 1 heterocycles. The zero-order valence-electron chi connectivity index (χ0n) is 10.4. The van der Waals surface area contributed by atoms with Crippen LogP contribution in [0.5, 0.6) is 5.75 Å². The summed E-state index contributed by atoms with van der Waals surface area (Å²) in [5.74, 6) is 0.848. The number of benzene rings is 1. The third kappa shape index (κ3) is 3.55. The molecule has 2 rings (SSSR count). The molecule has 0 spiro atoms. The predicted octanol–water partition coefficient (Wildman–Crippen LogP) is 4.05. The lowest BCUT2D eigenvalue weighted by atomic mass is 10.0. The second kappa shape index (κ2) is 6.50. The standard InChI is InChI=1S/C14H14Br2N2O/c1-2-19-11-5-3-9(4-6-11)13(17)14-12(16)7-10(15)8-18-14/h3-8,13H,2,17H2,1H3. The minimum Gasteiger partial charge on any atom is -0.494 e. The quantitative estimate of drug-likeness (QED) is 0.863. The Balaban J connectivity index is 2.25. The minimum atomic E-state index is -0.266. The van der Waals surface area contributed by atoms with E-state index in [-0.39, 0.29) is 6.04 Å². The van der Waals surface area contributed by atoms with E-state index in [1.54, 1.807) is 6.20 Å². The van der Waals surface area contributed by atoms with E-state index in [4.69, 9.17) is 10.5 Å². The van der Waals surface area contributed by atoms with Crippen LogP contribution in [0, 0.1) is 0 Å². The van der Waals surface area contributed by atoms with Crippen LogP contribution in [-0.2, 0) is 0 Å². The lowest BCUT2D eigenvalue weighted by molar-refractivity contribution is 0.340. The molecule has 100 valence electrons. The predicted molar refractivity (Wildman–Crippen MR) is 83.3 cm³/mol. The molecule has 0 aliphatic rings. The van der Waals surface area contributed by atoms with Gasteiger partial charge in [0.2, 0.25) is 0 Å². The van der Waals surface area contributed by atoms with Gasteiger partial charge in [-0.05, 0) is 62.5 Å². The first-order valence-electron chi connectivity index (χ1n) is 5.91. The van der Waals surface area contributed by atoms with Crippen LogP contribution in [0.15, 0.2) is 45.5 Å². The Morgan fingerprint density at radius 3 is 2.53 bits per heavy atom. The molecule has 1 atom stereocenters. The number of nitrogens with zero attached hydrogens (tertiary/aromatic N) is 1. The number of hydrogen-bond donors (Lipinski definition) is 1. The van der Waals surface area contributed by atoms with Gasteiger partial charge in [0.25, 0.3) is 0 Å². The molecule has 0 amide bonds. The van der Waals surface area contributed by atoms with Crippen LogP contribution in [0.4, 0.5) is 0 Å². The molecule has 0 bridgehead atoms. The molecule has 0 aliphatic heterocycles. The molecule has 5 heteroatoms. The molecule has 0 saturated heterocycles. The molecule has 1 aromatic carbocycles. The van der Waals surface area contributed by atoms with Crippen LogP contribution in [0.25, 0.3) is 0 Å². The molecule has 0 fully saturated rings. The van der Waals surface area contributed by atoms with Crippen LogP contribution < -0.4 is 10.5 Å². The Labute approximate surface area is 129 Å². The van der Waals surface area contributed by atoms with E-state index in [2.05, 4.69) is 36.8 Å². The van der Waals surface area contributed by atoms with Crippen molar-refractivity contribution in [1.82, 2.24) is 4.98 Å². The van der Waals surface area contributed by atoms with E-state index in [9.17, 15) is 0 Å². The number of halogens is 2. The van der Waals surface area contributed by atoms with Crippen molar-refractivity contribution < 1.29 is 4.74 Å². The molecule has 0 radical (unpaired) electrons. The normalized spacial score (nSPS) is 12.2. The van der Waals surface area contributed by atoms with Crippen molar-refractivity contribution in [3.05, 3.63) is 56.7 Å². The van der Waals surface area contributed by atoms with Crippen molar-refractivity contribution in [2.45, 2.75) is 13.0 Å². The minimum absolute atomic E-state index is 0.266. The summed E-state index contributed by atoms with van der Waals surface area (Å²) in [4.78, 5) is 4.36. The van der Waals surface area contributed by atoms with Gasteiger partial charge in [-0.1, -0.05) is 12.1 Å². The summed E-state index contributed by atoms with van der Waals surface area (Å²) in [5.41, 5.74) is 8.05. The first kappa shape index (κ1) is 14.5. The summed E-state index contributed by atoms with van der Waals surface area (Å²) in [6.07, 6.45) is 1.74. The number of ether oxygens (including phenoxy) is 1. The van der Waals surface area contributed by atoms with Crippen LogP contribution in [0.2, 0.25) is 0 Å². The Morgan fingerprint density at radius 2 is 1.95 bits per heavy atom. The van der Waals surface area contributed by atoms with Gasteiger partial charge in [0, 0.05) is 15.1 Å².